The molecule has 2 fully saturated rings. The Morgan fingerprint density at radius 3 is 2.25 bits per heavy atom. The van der Waals surface area contributed by atoms with Gasteiger partial charge in [0.2, 0.25) is 18.3 Å². The van der Waals surface area contributed by atoms with E-state index in [4.69, 9.17) is 11.6 Å². The maximum Gasteiger partial charge on any atom is 0.249 e. The lowest BCUT2D eigenvalue weighted by molar-refractivity contribution is -0.210. The highest BCUT2D eigenvalue weighted by Gasteiger charge is 2.61. The first kappa shape index (κ1) is 22.2. The SMILES string of the molecule is Cc1ccc(-c2nc(Nc3ccc(Cl)cc3)n(C)n2)cc1.O=CN1CC2(C1)CC(F)(F)C2. The third-order valence-corrected chi connectivity index (χ3v) is 5.92. The second kappa shape index (κ2) is 8.50. The Balaban J connectivity index is 0.000000186. The first-order valence-corrected chi connectivity index (χ1v) is 10.6. The van der Waals surface area contributed by atoms with E-state index >= 15 is 0 Å². The van der Waals surface area contributed by atoms with E-state index in [0.717, 1.165) is 17.7 Å². The summed E-state index contributed by atoms with van der Waals surface area (Å²) in [5, 5.41) is 8.38. The minimum Gasteiger partial charge on any atom is -0.344 e. The fourth-order valence-corrected chi connectivity index (χ4v) is 4.27. The maximum absolute atomic E-state index is 12.4. The van der Waals surface area contributed by atoms with Crippen molar-refractivity contribution in [3.8, 4) is 11.4 Å². The zero-order chi connectivity index (χ0) is 22.9. The molecule has 1 spiro atoms. The van der Waals surface area contributed by atoms with Gasteiger partial charge >= 0.3 is 0 Å². The Hall–Kier alpha value is -3.00. The zero-order valence-corrected chi connectivity index (χ0v) is 18.6. The highest BCUT2D eigenvalue weighted by atomic mass is 35.5. The van der Waals surface area contributed by atoms with Crippen molar-refractivity contribution in [3.05, 3.63) is 59.1 Å². The zero-order valence-electron chi connectivity index (χ0n) is 17.9. The van der Waals surface area contributed by atoms with Gasteiger partial charge in [0.15, 0.2) is 5.82 Å². The van der Waals surface area contributed by atoms with Crippen LogP contribution in [0.1, 0.15) is 18.4 Å². The molecule has 5 rings (SSSR count). The number of aromatic nitrogens is 3. The summed E-state index contributed by atoms with van der Waals surface area (Å²) in [5.41, 5.74) is 2.93. The van der Waals surface area contributed by atoms with Crippen molar-refractivity contribution in [1.29, 1.82) is 0 Å². The van der Waals surface area contributed by atoms with E-state index in [1.54, 1.807) is 4.68 Å². The topological polar surface area (TPSA) is 63.1 Å². The maximum atomic E-state index is 12.4. The van der Waals surface area contributed by atoms with E-state index in [-0.39, 0.29) is 18.3 Å². The molecule has 2 aromatic carbocycles. The summed E-state index contributed by atoms with van der Waals surface area (Å²) in [7, 11) is 1.86. The fourth-order valence-electron chi connectivity index (χ4n) is 4.14. The summed E-state index contributed by atoms with van der Waals surface area (Å²) in [6, 6.07) is 15.6. The van der Waals surface area contributed by atoms with Gasteiger partial charge in [0, 0.05) is 54.7 Å². The molecular formula is C23H24ClF2N5O. The number of benzene rings is 2. The molecule has 1 aliphatic heterocycles. The number of carbonyl (C=O) groups is 1. The van der Waals surface area contributed by atoms with Crippen LogP contribution in [-0.2, 0) is 11.8 Å². The number of aryl methyl sites for hydroxylation is 2. The monoisotopic (exact) mass is 459 g/mol. The van der Waals surface area contributed by atoms with Crippen molar-refractivity contribution in [2.45, 2.75) is 25.7 Å². The summed E-state index contributed by atoms with van der Waals surface area (Å²) in [4.78, 5) is 16.2. The van der Waals surface area contributed by atoms with Crippen LogP contribution in [0.4, 0.5) is 20.4 Å². The largest absolute Gasteiger partial charge is 0.344 e. The molecule has 6 nitrogen and oxygen atoms in total. The number of anilines is 2. The van der Waals surface area contributed by atoms with Gasteiger partial charge in [-0.3, -0.25) is 4.79 Å². The van der Waals surface area contributed by atoms with Crippen molar-refractivity contribution < 1.29 is 13.6 Å². The lowest BCUT2D eigenvalue weighted by atomic mass is 9.61. The molecule has 1 aromatic heterocycles. The number of rotatable bonds is 4. The number of nitrogens with zero attached hydrogens (tertiary/aromatic N) is 4. The van der Waals surface area contributed by atoms with Crippen LogP contribution in [0.3, 0.4) is 0 Å². The van der Waals surface area contributed by atoms with Crippen LogP contribution in [0.2, 0.25) is 5.02 Å². The Kier molecular flexibility index (Phi) is 5.90. The third kappa shape index (κ3) is 4.91. The van der Waals surface area contributed by atoms with Gasteiger partial charge in [-0.05, 0) is 31.2 Å². The van der Waals surface area contributed by atoms with Gasteiger partial charge in [0.05, 0.1) is 0 Å². The molecule has 1 amide bonds. The molecule has 2 heterocycles. The Bertz CT molecular complexity index is 1080. The van der Waals surface area contributed by atoms with E-state index in [1.165, 1.54) is 10.5 Å². The van der Waals surface area contributed by atoms with E-state index in [9.17, 15) is 13.6 Å². The average Bonchev–Trinajstić information content (AvgIpc) is 3.07. The Morgan fingerprint density at radius 1 is 1.06 bits per heavy atom. The lowest BCUT2D eigenvalue weighted by Crippen LogP contribution is -2.65. The molecule has 1 saturated carbocycles. The van der Waals surface area contributed by atoms with Crippen LogP contribution in [-0.4, -0.2) is 45.1 Å². The van der Waals surface area contributed by atoms with Crippen molar-refractivity contribution >= 4 is 29.6 Å². The molecule has 1 N–H and O–H groups in total. The number of hydrogen-bond donors (Lipinski definition) is 1. The standard InChI is InChI=1S/C16H15ClN4.C7H9F2NO/c1-11-3-5-12(6-4-11)15-19-16(21(2)20-15)18-14-9-7-13(17)8-10-14;8-7(9)1-6(2-7)3-10(4-6)5-11/h3-10H,1-2H3,(H,18,19,20);5H,1-4H2. The molecule has 0 radical (unpaired) electrons. The molecule has 0 atom stereocenters. The first-order chi connectivity index (χ1) is 15.2. The van der Waals surface area contributed by atoms with Crippen LogP contribution in [0.15, 0.2) is 48.5 Å². The van der Waals surface area contributed by atoms with Gasteiger partial charge in [0.25, 0.3) is 0 Å². The second-order valence-corrected chi connectivity index (χ2v) is 9.04. The summed E-state index contributed by atoms with van der Waals surface area (Å²) < 4.78 is 26.5. The number of hydrogen-bond acceptors (Lipinski definition) is 4. The van der Waals surface area contributed by atoms with Crippen LogP contribution in [0, 0.1) is 12.3 Å². The minimum absolute atomic E-state index is 0.0235. The third-order valence-electron chi connectivity index (χ3n) is 5.67. The minimum atomic E-state index is -2.45. The van der Waals surface area contributed by atoms with Crippen molar-refractivity contribution in [2.75, 3.05) is 18.4 Å². The predicted octanol–water partition coefficient (Wildman–Crippen LogP) is 5.06. The molecule has 1 aliphatic carbocycles. The smallest absolute Gasteiger partial charge is 0.249 e. The lowest BCUT2D eigenvalue weighted by Gasteiger charge is -2.57. The van der Waals surface area contributed by atoms with Crippen molar-refractivity contribution in [2.24, 2.45) is 12.5 Å². The number of carbonyl (C=O) groups excluding carboxylic acids is 1. The normalized spacial score (nSPS) is 17.6. The highest BCUT2D eigenvalue weighted by Crippen LogP contribution is 2.56. The molecule has 0 unspecified atom stereocenters. The first-order valence-electron chi connectivity index (χ1n) is 10.2. The van der Waals surface area contributed by atoms with Crippen LogP contribution >= 0.6 is 11.6 Å². The summed E-state index contributed by atoms with van der Waals surface area (Å²) in [6.45, 7) is 3.13. The van der Waals surface area contributed by atoms with Gasteiger partial charge in [-0.15, -0.1) is 5.10 Å². The number of nitrogens with one attached hydrogen (secondary N) is 1. The van der Waals surface area contributed by atoms with Gasteiger partial charge in [-0.2, -0.15) is 4.98 Å². The summed E-state index contributed by atoms with van der Waals surface area (Å²) >= 11 is 5.88. The van der Waals surface area contributed by atoms with E-state index in [0.29, 0.717) is 29.9 Å². The van der Waals surface area contributed by atoms with Crippen LogP contribution in [0.5, 0.6) is 0 Å². The van der Waals surface area contributed by atoms with Crippen molar-refractivity contribution in [1.82, 2.24) is 19.7 Å². The van der Waals surface area contributed by atoms with E-state index < -0.39 is 5.92 Å². The van der Waals surface area contributed by atoms with Crippen LogP contribution in [0.25, 0.3) is 11.4 Å². The van der Waals surface area contributed by atoms with Gasteiger partial charge in [0.1, 0.15) is 0 Å². The quantitative estimate of drug-likeness (QED) is 0.554. The predicted molar refractivity (Wildman–Crippen MR) is 120 cm³/mol. The van der Waals surface area contributed by atoms with Gasteiger partial charge in [-0.25, -0.2) is 13.5 Å². The Morgan fingerprint density at radius 2 is 1.69 bits per heavy atom. The Labute approximate surface area is 190 Å². The number of halogens is 3. The molecule has 1 saturated heterocycles. The number of alkyl halides is 2. The molecule has 0 bridgehead atoms. The molecular weight excluding hydrogens is 436 g/mol. The number of amides is 1. The highest BCUT2D eigenvalue weighted by molar-refractivity contribution is 6.30. The van der Waals surface area contributed by atoms with Gasteiger partial charge in [-0.1, -0.05) is 41.4 Å². The van der Waals surface area contributed by atoms with Crippen molar-refractivity contribution in [3.63, 3.8) is 0 Å². The van der Waals surface area contributed by atoms with E-state index in [1.807, 2.05) is 43.4 Å². The second-order valence-electron chi connectivity index (χ2n) is 8.60. The number of likely N-dealkylation sites (tertiary alicyclic amines) is 1. The van der Waals surface area contributed by atoms with E-state index in [2.05, 4.69) is 34.5 Å². The van der Waals surface area contributed by atoms with Crippen LogP contribution < -0.4 is 5.32 Å². The molecule has 9 heteroatoms. The molecule has 168 valence electrons. The average molecular weight is 460 g/mol. The van der Waals surface area contributed by atoms with Gasteiger partial charge < -0.3 is 10.2 Å². The summed E-state index contributed by atoms with van der Waals surface area (Å²) in [6.07, 6.45) is 0.677. The molecule has 2 aliphatic rings. The summed E-state index contributed by atoms with van der Waals surface area (Å²) in [5.74, 6) is -1.06. The molecule has 3 aromatic rings. The molecule has 32 heavy (non-hydrogen) atoms. The fraction of sp³-hybridized carbons (Fsp3) is 0.348.